The van der Waals surface area contributed by atoms with Crippen molar-refractivity contribution in [2.75, 3.05) is 6.61 Å². The number of aliphatic hydroxyl groups is 2. The zero-order valence-electron chi connectivity index (χ0n) is 9.62. The van der Waals surface area contributed by atoms with Crippen LogP contribution in [0.1, 0.15) is 34.1 Å². The van der Waals surface area contributed by atoms with Gasteiger partial charge in [-0.05, 0) is 5.41 Å². The van der Waals surface area contributed by atoms with Crippen molar-refractivity contribution < 1.29 is 10.2 Å². The highest BCUT2D eigenvalue weighted by molar-refractivity contribution is 4.76. The number of hydrogen-bond acceptors (Lipinski definition) is 5. The zero-order chi connectivity index (χ0) is 12.0. The molecule has 88 valence electrons. The third kappa shape index (κ3) is 11.8. The monoisotopic (exact) mass is 207 g/mol. The van der Waals surface area contributed by atoms with Crippen LogP contribution in [0.2, 0.25) is 0 Å². The summed E-state index contributed by atoms with van der Waals surface area (Å²) in [5.74, 6) is -1.69. The fraction of sp³-hybridized carbons (Fsp3) is 1.00. The molecule has 5 heteroatoms. The fourth-order valence-corrected chi connectivity index (χ4v) is 0.158. The van der Waals surface area contributed by atoms with E-state index >= 15 is 0 Å². The highest BCUT2D eigenvalue weighted by atomic mass is 16.3. The summed E-state index contributed by atoms with van der Waals surface area (Å²) in [4.78, 5) is 0. The van der Waals surface area contributed by atoms with Gasteiger partial charge in [-0.15, -0.1) is 0 Å². The predicted octanol–water partition coefficient (Wildman–Crippen LogP) is -0.688. The van der Waals surface area contributed by atoms with E-state index in [1.54, 1.807) is 0 Å². The summed E-state index contributed by atoms with van der Waals surface area (Å²) in [5.41, 5.74) is 15.3. The highest BCUT2D eigenvalue weighted by Crippen LogP contribution is 2.16. The van der Waals surface area contributed by atoms with Crippen molar-refractivity contribution in [3.63, 3.8) is 0 Å². The number of nitrogens with two attached hydrogens (primary N) is 3. The lowest BCUT2D eigenvalue weighted by molar-refractivity contribution is 0.0352. The third-order valence-corrected chi connectivity index (χ3v) is 1.81. The van der Waals surface area contributed by atoms with Crippen LogP contribution in [0.15, 0.2) is 0 Å². The van der Waals surface area contributed by atoms with Crippen LogP contribution in [0.25, 0.3) is 0 Å². The molecule has 0 spiro atoms. The standard InChI is InChI=1S/C6H14.C3H11N3O2/c1-5-6(2,3)4;4-3(5,6)2(8)1-7/h5H2,1-4H3;2,7-8H,1,4-6H2. The van der Waals surface area contributed by atoms with Crippen molar-refractivity contribution in [3.05, 3.63) is 0 Å². The van der Waals surface area contributed by atoms with Crippen LogP contribution in [-0.4, -0.2) is 28.7 Å². The molecule has 14 heavy (non-hydrogen) atoms. The second kappa shape index (κ2) is 6.31. The number of hydrogen-bond donors (Lipinski definition) is 5. The van der Waals surface area contributed by atoms with Crippen molar-refractivity contribution in [2.24, 2.45) is 22.6 Å². The van der Waals surface area contributed by atoms with Crippen LogP contribution >= 0.6 is 0 Å². The topological polar surface area (TPSA) is 119 Å². The Morgan fingerprint density at radius 1 is 1.14 bits per heavy atom. The molecule has 1 unspecified atom stereocenters. The van der Waals surface area contributed by atoms with Gasteiger partial charge >= 0.3 is 0 Å². The maximum absolute atomic E-state index is 8.57. The molecular weight excluding hydrogens is 182 g/mol. The maximum Gasteiger partial charge on any atom is 0.145 e. The molecule has 0 radical (unpaired) electrons. The second-order valence-electron chi connectivity index (χ2n) is 4.61. The lowest BCUT2D eigenvalue weighted by Crippen LogP contribution is -2.67. The molecule has 0 aliphatic heterocycles. The summed E-state index contributed by atoms with van der Waals surface area (Å²) >= 11 is 0. The first-order chi connectivity index (χ1) is 6.04. The van der Waals surface area contributed by atoms with Crippen LogP contribution in [0.3, 0.4) is 0 Å². The van der Waals surface area contributed by atoms with Gasteiger partial charge in [-0.1, -0.05) is 34.1 Å². The molecule has 0 aromatic heterocycles. The molecule has 5 nitrogen and oxygen atoms in total. The fourth-order valence-electron chi connectivity index (χ4n) is 0.158. The van der Waals surface area contributed by atoms with E-state index in [1.807, 2.05) is 0 Å². The highest BCUT2D eigenvalue weighted by Gasteiger charge is 2.22. The molecule has 0 aromatic carbocycles. The van der Waals surface area contributed by atoms with Gasteiger partial charge in [0.15, 0.2) is 0 Å². The molecule has 0 aliphatic rings. The van der Waals surface area contributed by atoms with Gasteiger partial charge in [-0.3, -0.25) is 17.2 Å². The first-order valence-electron chi connectivity index (χ1n) is 4.70. The molecule has 0 amide bonds. The Hall–Kier alpha value is -0.200. The summed E-state index contributed by atoms with van der Waals surface area (Å²) in [6.45, 7) is 8.41. The van der Waals surface area contributed by atoms with Gasteiger partial charge in [-0.2, -0.15) is 0 Å². The molecule has 0 saturated carbocycles. The Balaban J connectivity index is 0. The van der Waals surface area contributed by atoms with Crippen LogP contribution in [0.5, 0.6) is 0 Å². The van der Waals surface area contributed by atoms with E-state index in [0.717, 1.165) is 0 Å². The molecule has 8 N–H and O–H groups in total. The van der Waals surface area contributed by atoms with Gasteiger partial charge in [0.25, 0.3) is 0 Å². The van der Waals surface area contributed by atoms with E-state index in [4.69, 9.17) is 27.4 Å². The molecule has 1 atom stereocenters. The largest absolute Gasteiger partial charge is 0.393 e. The first kappa shape index (κ1) is 16.2. The van der Waals surface area contributed by atoms with Crippen molar-refractivity contribution >= 4 is 0 Å². The summed E-state index contributed by atoms with van der Waals surface area (Å²) in [6.07, 6.45) is 0.00926. The lowest BCUT2D eigenvalue weighted by Gasteiger charge is -2.22. The average Bonchev–Trinajstić information content (AvgIpc) is 2.01. The molecule has 0 rings (SSSR count). The smallest absolute Gasteiger partial charge is 0.145 e. The number of aliphatic hydroxyl groups excluding tert-OH is 2. The normalized spacial score (nSPS) is 14.4. The Kier molecular flexibility index (Phi) is 7.32. The molecule has 0 heterocycles. The molecular formula is C9H25N3O2. The first-order valence-corrected chi connectivity index (χ1v) is 4.70. The van der Waals surface area contributed by atoms with E-state index in [9.17, 15) is 0 Å². The summed E-state index contributed by atoms with van der Waals surface area (Å²) in [5, 5.41) is 16.7. The van der Waals surface area contributed by atoms with Crippen LogP contribution in [0, 0.1) is 5.41 Å². The van der Waals surface area contributed by atoms with Crippen LogP contribution in [0.4, 0.5) is 0 Å². The molecule has 0 saturated heterocycles. The van der Waals surface area contributed by atoms with Crippen molar-refractivity contribution in [1.82, 2.24) is 0 Å². The zero-order valence-corrected chi connectivity index (χ0v) is 9.62. The lowest BCUT2D eigenvalue weighted by atomic mass is 9.94. The molecule has 0 aliphatic carbocycles. The predicted molar refractivity (Wildman–Crippen MR) is 58.1 cm³/mol. The van der Waals surface area contributed by atoms with Crippen molar-refractivity contribution in [1.29, 1.82) is 0 Å². The summed E-state index contributed by atoms with van der Waals surface area (Å²) in [7, 11) is 0. The Labute approximate surface area is 86.3 Å². The van der Waals surface area contributed by atoms with Gasteiger partial charge < -0.3 is 10.2 Å². The Morgan fingerprint density at radius 3 is 1.43 bits per heavy atom. The van der Waals surface area contributed by atoms with E-state index in [-0.39, 0.29) is 0 Å². The van der Waals surface area contributed by atoms with Gasteiger partial charge in [0.1, 0.15) is 11.9 Å². The SMILES string of the molecule is CCC(C)(C)C.NC(N)(N)C(O)CO. The summed E-state index contributed by atoms with van der Waals surface area (Å²) < 4.78 is 0. The van der Waals surface area contributed by atoms with Gasteiger partial charge in [0, 0.05) is 0 Å². The summed E-state index contributed by atoms with van der Waals surface area (Å²) in [6, 6.07) is 0. The van der Waals surface area contributed by atoms with E-state index in [1.165, 1.54) is 6.42 Å². The minimum absolute atomic E-state index is 0.524. The molecule has 0 fully saturated rings. The molecule has 0 aromatic rings. The maximum atomic E-state index is 8.57. The molecule has 0 bridgehead atoms. The van der Waals surface area contributed by atoms with E-state index < -0.39 is 18.5 Å². The quantitative estimate of drug-likeness (QED) is 0.384. The van der Waals surface area contributed by atoms with Crippen LogP contribution in [-0.2, 0) is 0 Å². The van der Waals surface area contributed by atoms with E-state index in [0.29, 0.717) is 5.41 Å². The van der Waals surface area contributed by atoms with Crippen molar-refractivity contribution in [3.8, 4) is 0 Å². The Bertz CT molecular complexity index is 138. The Morgan fingerprint density at radius 2 is 1.43 bits per heavy atom. The van der Waals surface area contributed by atoms with Gasteiger partial charge in [0.05, 0.1) is 6.61 Å². The van der Waals surface area contributed by atoms with Crippen LogP contribution < -0.4 is 17.2 Å². The van der Waals surface area contributed by atoms with Gasteiger partial charge in [0.2, 0.25) is 0 Å². The minimum Gasteiger partial charge on any atom is -0.393 e. The second-order valence-corrected chi connectivity index (χ2v) is 4.61. The number of rotatable bonds is 2. The minimum atomic E-state index is -1.69. The van der Waals surface area contributed by atoms with Crippen molar-refractivity contribution in [2.45, 2.75) is 46.0 Å². The average molecular weight is 207 g/mol. The van der Waals surface area contributed by atoms with Gasteiger partial charge in [-0.25, -0.2) is 0 Å². The third-order valence-electron chi connectivity index (χ3n) is 1.81. The van der Waals surface area contributed by atoms with E-state index in [2.05, 4.69) is 27.7 Å².